The third kappa shape index (κ3) is 3.91. The summed E-state index contributed by atoms with van der Waals surface area (Å²) in [5.41, 5.74) is -0.276. The summed E-state index contributed by atoms with van der Waals surface area (Å²) in [6, 6.07) is 5.29. The first-order valence-electron chi connectivity index (χ1n) is 5.64. The zero-order chi connectivity index (χ0) is 15.3. The fourth-order valence-electron chi connectivity index (χ4n) is 1.47. The zero-order valence-electron chi connectivity index (χ0n) is 10.7. The number of aliphatic carboxylic acids is 1. The fourth-order valence-corrected chi connectivity index (χ4v) is 1.47. The lowest BCUT2D eigenvalue weighted by Crippen LogP contribution is -2.23. The highest BCUT2D eigenvalue weighted by Gasteiger charge is 2.25. The van der Waals surface area contributed by atoms with Gasteiger partial charge < -0.3 is 9.84 Å². The summed E-state index contributed by atoms with van der Waals surface area (Å²) in [5, 5.41) is 19.5. The predicted octanol–water partition coefficient (Wildman–Crippen LogP) is 2.17. The van der Waals surface area contributed by atoms with Gasteiger partial charge in [-0.1, -0.05) is 18.7 Å². The van der Waals surface area contributed by atoms with E-state index >= 15 is 0 Å². The molecule has 0 saturated heterocycles. The third-order valence-corrected chi connectivity index (χ3v) is 2.48. The molecule has 1 rings (SSSR count). The summed E-state index contributed by atoms with van der Waals surface area (Å²) in [5.74, 6) is -2.11. The number of carboxylic acids is 1. The van der Waals surface area contributed by atoms with Crippen LogP contribution < -0.4 is 0 Å². The highest BCUT2D eigenvalue weighted by Crippen LogP contribution is 2.20. The van der Waals surface area contributed by atoms with E-state index in [2.05, 4.69) is 6.58 Å². The van der Waals surface area contributed by atoms with Gasteiger partial charge in [0.25, 0.3) is 5.69 Å². The summed E-state index contributed by atoms with van der Waals surface area (Å²) in [4.78, 5) is 32.7. The van der Waals surface area contributed by atoms with E-state index in [1.54, 1.807) is 0 Å². The number of carbonyl (C=O) groups excluding carboxylic acids is 1. The van der Waals surface area contributed by atoms with Gasteiger partial charge in [0.2, 0.25) is 0 Å². The quantitative estimate of drug-likeness (QED) is 0.370. The van der Waals surface area contributed by atoms with E-state index in [1.807, 2.05) is 0 Å². The van der Waals surface area contributed by atoms with Crippen molar-refractivity contribution in [3.05, 3.63) is 52.1 Å². The van der Waals surface area contributed by atoms with Gasteiger partial charge in [0, 0.05) is 6.07 Å². The van der Waals surface area contributed by atoms with Crippen molar-refractivity contribution in [2.75, 3.05) is 0 Å². The number of rotatable bonds is 6. The van der Waals surface area contributed by atoms with Crippen LogP contribution in [0.2, 0.25) is 0 Å². The minimum Gasteiger partial charge on any atom is -0.481 e. The summed E-state index contributed by atoms with van der Waals surface area (Å²) in [6.07, 6.45) is -1.47. The molecule has 1 aromatic carbocycles. The largest absolute Gasteiger partial charge is 0.481 e. The van der Waals surface area contributed by atoms with Crippen LogP contribution >= 0.6 is 0 Å². The number of hydrogen-bond acceptors (Lipinski definition) is 5. The third-order valence-electron chi connectivity index (χ3n) is 2.48. The van der Waals surface area contributed by atoms with Crippen LogP contribution in [-0.2, 0) is 9.53 Å². The summed E-state index contributed by atoms with van der Waals surface area (Å²) in [6.45, 7) is 5.05. The van der Waals surface area contributed by atoms with E-state index in [9.17, 15) is 19.7 Å². The maximum absolute atomic E-state index is 11.9. The zero-order valence-corrected chi connectivity index (χ0v) is 10.7. The SMILES string of the molecule is C=C(C)C(CC(=O)O)OC(=O)c1ccccc1[N+](=O)[O-]. The molecule has 106 valence electrons. The highest BCUT2D eigenvalue weighted by molar-refractivity contribution is 5.94. The average molecular weight is 279 g/mol. The molecule has 0 aliphatic heterocycles. The Morgan fingerprint density at radius 3 is 2.55 bits per heavy atom. The van der Waals surface area contributed by atoms with Gasteiger partial charge >= 0.3 is 11.9 Å². The highest BCUT2D eigenvalue weighted by atomic mass is 16.6. The molecule has 0 bridgehead atoms. The maximum atomic E-state index is 11.9. The Hall–Kier alpha value is -2.70. The van der Waals surface area contributed by atoms with Crippen LogP contribution in [0.25, 0.3) is 0 Å². The lowest BCUT2D eigenvalue weighted by atomic mass is 10.1. The Bertz CT molecular complexity index is 566. The van der Waals surface area contributed by atoms with Crippen LogP contribution in [0.4, 0.5) is 5.69 Å². The molecule has 1 N–H and O–H groups in total. The number of carboxylic acid groups (broad SMARTS) is 1. The van der Waals surface area contributed by atoms with Gasteiger partial charge in [-0.3, -0.25) is 14.9 Å². The average Bonchev–Trinajstić information content (AvgIpc) is 2.37. The first-order valence-corrected chi connectivity index (χ1v) is 5.64. The number of nitro benzene ring substituents is 1. The number of esters is 1. The number of para-hydroxylation sites is 1. The number of benzene rings is 1. The van der Waals surface area contributed by atoms with Crippen molar-refractivity contribution < 1.29 is 24.4 Å². The number of carbonyl (C=O) groups is 2. The second kappa shape index (κ2) is 6.46. The second-order valence-corrected chi connectivity index (χ2v) is 4.11. The molecule has 0 saturated carbocycles. The summed E-state index contributed by atoms with van der Waals surface area (Å²) >= 11 is 0. The topological polar surface area (TPSA) is 107 Å². The van der Waals surface area contributed by atoms with Crippen molar-refractivity contribution in [2.45, 2.75) is 19.4 Å². The van der Waals surface area contributed by atoms with Crippen molar-refractivity contribution in [1.29, 1.82) is 0 Å². The van der Waals surface area contributed by atoms with E-state index in [-0.39, 0.29) is 5.56 Å². The molecule has 0 spiro atoms. The van der Waals surface area contributed by atoms with Crippen LogP contribution in [0, 0.1) is 10.1 Å². The molecule has 0 radical (unpaired) electrons. The number of nitro groups is 1. The van der Waals surface area contributed by atoms with Gasteiger partial charge in [-0.05, 0) is 18.6 Å². The second-order valence-electron chi connectivity index (χ2n) is 4.11. The standard InChI is InChI=1S/C13H13NO6/c1-8(2)11(7-12(15)16)20-13(17)9-5-3-4-6-10(9)14(18)19/h3-6,11H,1,7H2,2H3,(H,15,16). The Morgan fingerprint density at radius 1 is 1.45 bits per heavy atom. The van der Waals surface area contributed by atoms with Crippen molar-refractivity contribution >= 4 is 17.6 Å². The fraction of sp³-hybridized carbons (Fsp3) is 0.231. The van der Waals surface area contributed by atoms with Crippen molar-refractivity contribution in [3.63, 3.8) is 0 Å². The maximum Gasteiger partial charge on any atom is 0.345 e. The Balaban J connectivity index is 2.98. The lowest BCUT2D eigenvalue weighted by Gasteiger charge is -2.16. The lowest BCUT2D eigenvalue weighted by molar-refractivity contribution is -0.385. The molecule has 1 atom stereocenters. The Labute approximate surface area is 114 Å². The molecule has 0 amide bonds. The Morgan fingerprint density at radius 2 is 2.05 bits per heavy atom. The first-order chi connectivity index (χ1) is 9.32. The van der Waals surface area contributed by atoms with Gasteiger partial charge in [-0.25, -0.2) is 4.79 Å². The van der Waals surface area contributed by atoms with Gasteiger partial charge in [-0.2, -0.15) is 0 Å². The molecular weight excluding hydrogens is 266 g/mol. The van der Waals surface area contributed by atoms with Crippen LogP contribution in [0.3, 0.4) is 0 Å². The van der Waals surface area contributed by atoms with Crippen LogP contribution in [0.1, 0.15) is 23.7 Å². The van der Waals surface area contributed by atoms with E-state index < -0.39 is 35.1 Å². The number of nitrogens with zero attached hydrogens (tertiary/aromatic N) is 1. The van der Waals surface area contributed by atoms with Crippen molar-refractivity contribution in [3.8, 4) is 0 Å². The molecule has 0 heterocycles. The molecule has 7 heteroatoms. The molecule has 7 nitrogen and oxygen atoms in total. The molecule has 1 unspecified atom stereocenters. The normalized spacial score (nSPS) is 11.4. The van der Waals surface area contributed by atoms with Crippen LogP contribution in [0.15, 0.2) is 36.4 Å². The molecule has 1 aromatic rings. The monoisotopic (exact) mass is 279 g/mol. The molecule has 20 heavy (non-hydrogen) atoms. The Kier molecular flexibility index (Phi) is 4.96. The first kappa shape index (κ1) is 15.4. The van der Waals surface area contributed by atoms with Gasteiger partial charge in [0.05, 0.1) is 11.3 Å². The summed E-state index contributed by atoms with van der Waals surface area (Å²) < 4.78 is 4.98. The number of ether oxygens (including phenoxy) is 1. The van der Waals surface area contributed by atoms with Gasteiger partial charge in [0.1, 0.15) is 11.7 Å². The van der Waals surface area contributed by atoms with E-state index in [1.165, 1.54) is 31.2 Å². The van der Waals surface area contributed by atoms with Crippen LogP contribution in [-0.4, -0.2) is 28.1 Å². The van der Waals surface area contributed by atoms with Crippen molar-refractivity contribution in [1.82, 2.24) is 0 Å². The summed E-state index contributed by atoms with van der Waals surface area (Å²) in [7, 11) is 0. The minimum atomic E-state index is -1.16. The molecule has 0 aliphatic carbocycles. The molecular formula is C13H13NO6. The molecule has 0 aromatic heterocycles. The van der Waals surface area contributed by atoms with E-state index in [4.69, 9.17) is 9.84 Å². The van der Waals surface area contributed by atoms with Gasteiger partial charge in [-0.15, -0.1) is 0 Å². The van der Waals surface area contributed by atoms with E-state index in [0.29, 0.717) is 5.57 Å². The molecule has 0 fully saturated rings. The van der Waals surface area contributed by atoms with Gasteiger partial charge in [0.15, 0.2) is 0 Å². The predicted molar refractivity (Wildman–Crippen MR) is 69.4 cm³/mol. The smallest absolute Gasteiger partial charge is 0.345 e. The molecule has 0 aliphatic rings. The van der Waals surface area contributed by atoms with E-state index in [0.717, 1.165) is 0 Å². The van der Waals surface area contributed by atoms with Crippen LogP contribution in [0.5, 0.6) is 0 Å². The van der Waals surface area contributed by atoms with Crippen molar-refractivity contribution in [2.24, 2.45) is 0 Å². The number of hydrogen-bond donors (Lipinski definition) is 1. The minimum absolute atomic E-state index is 0.228.